The van der Waals surface area contributed by atoms with Crippen molar-refractivity contribution in [3.63, 3.8) is 0 Å². The van der Waals surface area contributed by atoms with Crippen LogP contribution in [0.5, 0.6) is 0 Å². The van der Waals surface area contributed by atoms with Gasteiger partial charge < -0.3 is 9.64 Å². The summed E-state index contributed by atoms with van der Waals surface area (Å²) in [4.78, 5) is 17.4. The first-order chi connectivity index (χ1) is 6.74. The monoisotopic (exact) mass is 198 g/mol. The van der Waals surface area contributed by atoms with E-state index in [0.717, 1.165) is 44.8 Å². The Morgan fingerprint density at radius 3 is 2.86 bits per heavy atom. The molecule has 0 aromatic heterocycles. The van der Waals surface area contributed by atoms with Crippen LogP contribution < -0.4 is 0 Å². The number of ether oxygens (including phenoxy) is 1. The van der Waals surface area contributed by atoms with Gasteiger partial charge in [0.25, 0.3) is 0 Å². The first-order valence-electron chi connectivity index (χ1n) is 5.07. The van der Waals surface area contributed by atoms with E-state index in [4.69, 9.17) is 4.74 Å². The second-order valence-corrected chi connectivity index (χ2v) is 3.44. The molecular weight excluding hydrogens is 180 g/mol. The molecule has 1 aliphatic heterocycles. The summed E-state index contributed by atoms with van der Waals surface area (Å²) in [6.45, 7) is 4.00. The Kier molecular flexibility index (Phi) is 4.43. The normalized spacial score (nSPS) is 19.0. The lowest BCUT2D eigenvalue weighted by Gasteiger charge is -2.19. The zero-order valence-corrected chi connectivity index (χ0v) is 8.95. The van der Waals surface area contributed by atoms with Gasteiger partial charge in [0.2, 0.25) is 5.91 Å². The number of rotatable bonds is 0. The average Bonchev–Trinajstić information content (AvgIpc) is 2.28. The SMILES string of the molecule is COC1=NCCCCN(C(C)=O)CC1. The molecule has 0 atom stereocenters. The van der Waals surface area contributed by atoms with E-state index in [-0.39, 0.29) is 5.91 Å². The average molecular weight is 198 g/mol. The minimum Gasteiger partial charge on any atom is -0.484 e. The van der Waals surface area contributed by atoms with Crippen LogP contribution in [0.15, 0.2) is 4.99 Å². The molecule has 0 bridgehead atoms. The van der Waals surface area contributed by atoms with Crippen LogP contribution in [-0.4, -0.2) is 43.4 Å². The van der Waals surface area contributed by atoms with E-state index in [9.17, 15) is 4.79 Å². The number of carbonyl (C=O) groups excluding carboxylic acids is 1. The summed E-state index contributed by atoms with van der Waals surface area (Å²) in [5.41, 5.74) is 0. The molecular formula is C10H18N2O2. The summed E-state index contributed by atoms with van der Waals surface area (Å²) in [5, 5.41) is 0. The summed E-state index contributed by atoms with van der Waals surface area (Å²) in [7, 11) is 1.63. The van der Waals surface area contributed by atoms with Crippen LogP contribution in [0.2, 0.25) is 0 Å². The van der Waals surface area contributed by atoms with E-state index in [2.05, 4.69) is 4.99 Å². The van der Waals surface area contributed by atoms with E-state index in [0.29, 0.717) is 0 Å². The number of methoxy groups -OCH3 is 1. The molecule has 14 heavy (non-hydrogen) atoms. The fraction of sp³-hybridized carbons (Fsp3) is 0.800. The third-order valence-electron chi connectivity index (χ3n) is 2.40. The lowest BCUT2D eigenvalue weighted by Crippen LogP contribution is -2.31. The van der Waals surface area contributed by atoms with Crippen molar-refractivity contribution in [3.8, 4) is 0 Å². The van der Waals surface area contributed by atoms with Gasteiger partial charge in [0.05, 0.1) is 7.11 Å². The van der Waals surface area contributed by atoms with Crippen LogP contribution in [-0.2, 0) is 9.53 Å². The van der Waals surface area contributed by atoms with Crippen molar-refractivity contribution in [2.75, 3.05) is 26.7 Å². The second-order valence-electron chi connectivity index (χ2n) is 3.44. The Morgan fingerprint density at radius 1 is 1.43 bits per heavy atom. The van der Waals surface area contributed by atoms with Crippen molar-refractivity contribution in [2.24, 2.45) is 4.99 Å². The van der Waals surface area contributed by atoms with E-state index in [1.165, 1.54) is 0 Å². The van der Waals surface area contributed by atoms with Gasteiger partial charge in [-0.1, -0.05) is 0 Å². The molecule has 0 fully saturated rings. The molecule has 0 unspecified atom stereocenters. The van der Waals surface area contributed by atoms with Crippen molar-refractivity contribution in [1.29, 1.82) is 0 Å². The predicted octanol–water partition coefficient (Wildman–Crippen LogP) is 1.06. The minimum absolute atomic E-state index is 0.141. The molecule has 1 heterocycles. The first kappa shape index (κ1) is 11.0. The van der Waals surface area contributed by atoms with Crippen LogP contribution >= 0.6 is 0 Å². The van der Waals surface area contributed by atoms with Crippen LogP contribution in [0.25, 0.3) is 0 Å². The fourth-order valence-corrected chi connectivity index (χ4v) is 1.52. The second kappa shape index (κ2) is 5.62. The van der Waals surface area contributed by atoms with Crippen LogP contribution in [0.1, 0.15) is 26.2 Å². The van der Waals surface area contributed by atoms with Crippen LogP contribution in [0.4, 0.5) is 0 Å². The quantitative estimate of drug-likeness (QED) is 0.584. The molecule has 0 aliphatic carbocycles. The largest absolute Gasteiger partial charge is 0.484 e. The van der Waals surface area contributed by atoms with Gasteiger partial charge in [-0.25, -0.2) is 0 Å². The minimum atomic E-state index is 0.141. The highest BCUT2D eigenvalue weighted by Gasteiger charge is 2.11. The third kappa shape index (κ3) is 3.36. The highest BCUT2D eigenvalue weighted by molar-refractivity contribution is 5.78. The molecule has 80 valence electrons. The lowest BCUT2D eigenvalue weighted by atomic mass is 10.3. The number of nitrogens with zero attached hydrogens (tertiary/aromatic N) is 2. The highest BCUT2D eigenvalue weighted by atomic mass is 16.5. The summed E-state index contributed by atoms with van der Waals surface area (Å²) >= 11 is 0. The summed E-state index contributed by atoms with van der Waals surface area (Å²) in [6.07, 6.45) is 2.78. The van der Waals surface area contributed by atoms with E-state index in [1.54, 1.807) is 14.0 Å². The smallest absolute Gasteiger partial charge is 0.219 e. The Morgan fingerprint density at radius 2 is 2.21 bits per heavy atom. The standard InChI is InChI=1S/C10H18N2O2/c1-9(13)12-7-4-3-6-11-10(14-2)5-8-12/h3-8H2,1-2H3. The van der Waals surface area contributed by atoms with Gasteiger partial charge in [0.15, 0.2) is 5.90 Å². The van der Waals surface area contributed by atoms with Crippen molar-refractivity contribution >= 4 is 11.8 Å². The number of hydrogen-bond acceptors (Lipinski definition) is 3. The molecule has 0 saturated heterocycles. The van der Waals surface area contributed by atoms with Crippen LogP contribution in [0, 0.1) is 0 Å². The molecule has 0 saturated carbocycles. The Balaban J connectivity index is 2.54. The molecule has 1 aliphatic rings. The number of hydrogen-bond donors (Lipinski definition) is 0. The Labute approximate surface area is 84.9 Å². The number of aliphatic imine (C=N–C) groups is 1. The third-order valence-corrected chi connectivity index (χ3v) is 2.40. The fourth-order valence-electron chi connectivity index (χ4n) is 1.52. The van der Waals surface area contributed by atoms with Gasteiger partial charge in [0.1, 0.15) is 0 Å². The molecule has 0 spiro atoms. The predicted molar refractivity (Wildman–Crippen MR) is 55.4 cm³/mol. The maximum absolute atomic E-state index is 11.2. The van der Waals surface area contributed by atoms with E-state index in [1.807, 2.05) is 4.90 Å². The summed E-state index contributed by atoms with van der Waals surface area (Å²) < 4.78 is 5.12. The van der Waals surface area contributed by atoms with Crippen molar-refractivity contribution in [1.82, 2.24) is 4.90 Å². The molecule has 4 heteroatoms. The number of amides is 1. The molecule has 1 rings (SSSR count). The molecule has 4 nitrogen and oxygen atoms in total. The number of carbonyl (C=O) groups is 1. The molecule has 1 amide bonds. The van der Waals surface area contributed by atoms with Gasteiger partial charge in [-0.2, -0.15) is 0 Å². The zero-order chi connectivity index (χ0) is 10.4. The first-order valence-corrected chi connectivity index (χ1v) is 5.07. The topological polar surface area (TPSA) is 41.9 Å². The Bertz CT molecular complexity index is 226. The zero-order valence-electron chi connectivity index (χ0n) is 8.95. The lowest BCUT2D eigenvalue weighted by molar-refractivity contribution is -0.128. The molecule has 0 aromatic rings. The molecule has 0 N–H and O–H groups in total. The van der Waals surface area contributed by atoms with Crippen molar-refractivity contribution in [3.05, 3.63) is 0 Å². The summed E-state index contributed by atoms with van der Waals surface area (Å²) in [5.74, 6) is 0.903. The summed E-state index contributed by atoms with van der Waals surface area (Å²) in [6, 6.07) is 0. The van der Waals surface area contributed by atoms with E-state index < -0.39 is 0 Å². The maximum Gasteiger partial charge on any atom is 0.219 e. The molecule has 0 aromatic carbocycles. The Hall–Kier alpha value is -1.06. The molecule has 0 radical (unpaired) electrons. The van der Waals surface area contributed by atoms with Gasteiger partial charge in [-0.05, 0) is 12.8 Å². The van der Waals surface area contributed by atoms with Crippen LogP contribution in [0.3, 0.4) is 0 Å². The van der Waals surface area contributed by atoms with Crippen molar-refractivity contribution < 1.29 is 9.53 Å². The van der Waals surface area contributed by atoms with E-state index >= 15 is 0 Å². The maximum atomic E-state index is 11.2. The van der Waals surface area contributed by atoms with Gasteiger partial charge >= 0.3 is 0 Å². The highest BCUT2D eigenvalue weighted by Crippen LogP contribution is 2.03. The van der Waals surface area contributed by atoms with Gasteiger partial charge in [0, 0.05) is 33.0 Å². The van der Waals surface area contributed by atoms with Gasteiger partial charge in [-0.15, -0.1) is 0 Å². The van der Waals surface area contributed by atoms with Crippen molar-refractivity contribution in [2.45, 2.75) is 26.2 Å². The van der Waals surface area contributed by atoms with Gasteiger partial charge in [-0.3, -0.25) is 9.79 Å².